The lowest BCUT2D eigenvalue weighted by Gasteiger charge is -2.32. The van der Waals surface area contributed by atoms with Gasteiger partial charge >= 0.3 is 0 Å². The van der Waals surface area contributed by atoms with Gasteiger partial charge < -0.3 is 4.90 Å². The van der Waals surface area contributed by atoms with Crippen LogP contribution in [0.4, 0.5) is 11.4 Å². The molecule has 2 aromatic rings. The molecule has 9 nitrogen and oxygen atoms in total. The van der Waals surface area contributed by atoms with Gasteiger partial charge in [-0.1, -0.05) is 41.5 Å². The lowest BCUT2D eigenvalue weighted by molar-refractivity contribution is 0.573. The molecule has 0 bridgehead atoms. The van der Waals surface area contributed by atoms with Crippen LogP contribution in [-0.2, 0) is 10.0 Å². The molecule has 0 amide bonds. The molecule has 2 aliphatic rings. The molecule has 202 valence electrons. The van der Waals surface area contributed by atoms with E-state index in [-0.39, 0.29) is 17.9 Å². The van der Waals surface area contributed by atoms with Crippen LogP contribution in [-0.4, -0.2) is 60.6 Å². The second kappa shape index (κ2) is 10.3. The molecule has 1 fully saturated rings. The minimum Gasteiger partial charge on any atom is -0.371 e. The van der Waals surface area contributed by atoms with Gasteiger partial charge in [0.1, 0.15) is 5.71 Å². The van der Waals surface area contributed by atoms with Crippen molar-refractivity contribution in [3.05, 3.63) is 34.9 Å². The largest absolute Gasteiger partial charge is 0.371 e. The molecule has 10 heteroatoms. The number of nitrogens with zero attached hydrogens (tertiary/aromatic N) is 6. The first kappa shape index (κ1) is 27.4. The minimum absolute atomic E-state index is 0.208. The second-order valence-electron chi connectivity index (χ2n) is 11.8. The van der Waals surface area contributed by atoms with Gasteiger partial charge in [-0.2, -0.15) is 5.10 Å². The van der Waals surface area contributed by atoms with Crippen molar-refractivity contribution in [2.75, 3.05) is 30.8 Å². The molecular weight excluding hydrogens is 486 g/mol. The number of hydrogen-bond donors (Lipinski definition) is 1. The number of nitrogens with one attached hydrogen (secondary N) is 1. The Balaban J connectivity index is 1.76. The van der Waals surface area contributed by atoms with Crippen LogP contribution < -0.4 is 9.62 Å². The van der Waals surface area contributed by atoms with E-state index < -0.39 is 10.0 Å². The van der Waals surface area contributed by atoms with Crippen LogP contribution in [0.3, 0.4) is 0 Å². The van der Waals surface area contributed by atoms with Gasteiger partial charge in [0.15, 0.2) is 5.82 Å². The highest BCUT2D eigenvalue weighted by Gasteiger charge is 2.35. The number of benzene rings is 1. The van der Waals surface area contributed by atoms with E-state index >= 15 is 0 Å². The van der Waals surface area contributed by atoms with Crippen molar-refractivity contribution in [2.45, 2.75) is 79.6 Å². The van der Waals surface area contributed by atoms with Crippen LogP contribution in [0.25, 0.3) is 0 Å². The molecule has 1 unspecified atom stereocenters. The van der Waals surface area contributed by atoms with Gasteiger partial charge in [-0.05, 0) is 55.4 Å². The van der Waals surface area contributed by atoms with E-state index in [2.05, 4.69) is 68.4 Å². The highest BCUT2D eigenvalue weighted by atomic mass is 32.2. The van der Waals surface area contributed by atoms with Crippen molar-refractivity contribution in [1.29, 1.82) is 0 Å². The van der Waals surface area contributed by atoms with E-state index in [1.54, 1.807) is 4.79 Å². The third-order valence-electron chi connectivity index (χ3n) is 6.94. The number of anilines is 1. The summed E-state index contributed by atoms with van der Waals surface area (Å²) in [6, 6.07) is 4.52. The number of piperidine rings is 1. The molecule has 1 atom stereocenters. The number of rotatable bonds is 7. The predicted molar refractivity (Wildman–Crippen MR) is 151 cm³/mol. The zero-order valence-electron chi connectivity index (χ0n) is 23.5. The van der Waals surface area contributed by atoms with Crippen molar-refractivity contribution in [2.24, 2.45) is 15.5 Å². The smallest absolute Gasteiger partial charge is 0.208 e. The molecule has 2 aliphatic heterocycles. The molecule has 0 radical (unpaired) electrons. The van der Waals surface area contributed by atoms with Gasteiger partial charge in [-0.15, -0.1) is 9.89 Å². The van der Waals surface area contributed by atoms with Gasteiger partial charge in [-0.3, -0.25) is 0 Å². The summed E-state index contributed by atoms with van der Waals surface area (Å²) in [4.78, 5) is 14.0. The lowest BCUT2D eigenvalue weighted by atomic mass is 9.87. The fourth-order valence-electron chi connectivity index (χ4n) is 4.78. The third-order valence-corrected chi connectivity index (χ3v) is 7.63. The lowest BCUT2D eigenvalue weighted by Crippen LogP contribution is -2.30. The number of hydrogen-bond acceptors (Lipinski definition) is 7. The summed E-state index contributed by atoms with van der Waals surface area (Å²) >= 11 is 0. The summed E-state index contributed by atoms with van der Waals surface area (Å²) in [6.07, 6.45) is 4.93. The summed E-state index contributed by atoms with van der Waals surface area (Å²) in [5.74, 6) is 1.29. The second-order valence-corrected chi connectivity index (χ2v) is 13.6. The van der Waals surface area contributed by atoms with Crippen LogP contribution in [0.1, 0.15) is 95.4 Å². The Morgan fingerprint density at radius 2 is 1.78 bits per heavy atom. The van der Waals surface area contributed by atoms with Crippen molar-refractivity contribution >= 4 is 32.8 Å². The highest BCUT2D eigenvalue weighted by molar-refractivity contribution is 7.88. The van der Waals surface area contributed by atoms with Gasteiger partial charge in [0.05, 0.1) is 17.7 Å². The van der Waals surface area contributed by atoms with E-state index in [0.717, 1.165) is 42.0 Å². The summed E-state index contributed by atoms with van der Waals surface area (Å²) < 4.78 is 25.6. The van der Waals surface area contributed by atoms with Crippen LogP contribution in [0.15, 0.2) is 22.2 Å². The fraction of sp³-hybridized carbons (Fsp3) is 0.630. The first-order valence-electron chi connectivity index (χ1n) is 13.2. The zero-order valence-corrected chi connectivity index (χ0v) is 24.3. The average Bonchev–Trinajstić information content (AvgIpc) is 3.37. The number of aryl methyl sites for hydroxylation is 1. The van der Waals surface area contributed by atoms with Gasteiger partial charge in [0.25, 0.3) is 0 Å². The molecule has 4 rings (SSSR count). The maximum Gasteiger partial charge on any atom is 0.208 e. The van der Waals surface area contributed by atoms with Crippen molar-refractivity contribution in [3.8, 4) is 0 Å². The molecule has 0 saturated carbocycles. The van der Waals surface area contributed by atoms with Gasteiger partial charge in [0.2, 0.25) is 15.8 Å². The standard InChI is InChI=1S/C27H41N7O2S/c1-17(2)20-15-21(18(3)14-22(20)33-12-10-9-11-13-33)29-23-24(27(5,6)7)31-34-26(23)30-25(32-34)19(4)16-28-37(8,35)36/h14-15,17,19,28H,9-13,16H2,1-8H3/b29-23-. The summed E-state index contributed by atoms with van der Waals surface area (Å²) in [6.45, 7) is 17.2. The maximum atomic E-state index is 11.5. The zero-order chi connectivity index (χ0) is 27.1. The van der Waals surface area contributed by atoms with Crippen LogP contribution in [0.5, 0.6) is 0 Å². The Morgan fingerprint density at radius 3 is 2.38 bits per heavy atom. The summed E-state index contributed by atoms with van der Waals surface area (Å²) in [5, 5.41) is 9.36. The predicted octanol–water partition coefficient (Wildman–Crippen LogP) is 4.74. The Bertz CT molecular complexity index is 1330. The third kappa shape index (κ3) is 6.12. The summed E-state index contributed by atoms with van der Waals surface area (Å²) in [5.41, 5.74) is 5.97. The topological polar surface area (TPSA) is 105 Å². The van der Waals surface area contributed by atoms with Crippen LogP contribution in [0.2, 0.25) is 0 Å². The van der Waals surface area contributed by atoms with E-state index in [9.17, 15) is 8.42 Å². The molecule has 1 aromatic heterocycles. The number of sulfonamides is 1. The van der Waals surface area contributed by atoms with Gasteiger partial charge in [0, 0.05) is 36.7 Å². The fourth-order valence-corrected chi connectivity index (χ4v) is 5.33. The average molecular weight is 528 g/mol. The molecular formula is C27H41N7O2S. The molecule has 0 aliphatic carbocycles. The maximum absolute atomic E-state index is 11.5. The normalized spacial score (nSPS) is 18.5. The first-order valence-corrected chi connectivity index (χ1v) is 15.1. The minimum atomic E-state index is -3.30. The van der Waals surface area contributed by atoms with E-state index in [1.165, 1.54) is 30.5 Å². The molecule has 1 saturated heterocycles. The van der Waals surface area contributed by atoms with E-state index in [0.29, 0.717) is 17.6 Å². The Morgan fingerprint density at radius 1 is 1.11 bits per heavy atom. The van der Waals surface area contributed by atoms with Crippen molar-refractivity contribution in [3.63, 3.8) is 0 Å². The highest BCUT2D eigenvalue weighted by Crippen LogP contribution is 2.37. The monoisotopic (exact) mass is 527 g/mol. The summed E-state index contributed by atoms with van der Waals surface area (Å²) in [7, 11) is -3.30. The molecule has 37 heavy (non-hydrogen) atoms. The number of fused-ring (bicyclic) bond motifs is 1. The first-order chi connectivity index (χ1) is 17.2. The van der Waals surface area contributed by atoms with Crippen LogP contribution >= 0.6 is 0 Å². The van der Waals surface area contributed by atoms with E-state index in [1.807, 2.05) is 6.92 Å². The molecule has 1 N–H and O–H groups in total. The molecule has 1 aromatic carbocycles. The van der Waals surface area contributed by atoms with Gasteiger partial charge in [-0.25, -0.2) is 23.1 Å². The Kier molecular flexibility index (Phi) is 7.63. The van der Waals surface area contributed by atoms with Crippen molar-refractivity contribution < 1.29 is 8.42 Å². The number of aliphatic imine (C=N–C) groups is 1. The quantitative estimate of drug-likeness (QED) is 0.560. The van der Waals surface area contributed by atoms with Crippen LogP contribution in [0, 0.1) is 12.3 Å². The van der Waals surface area contributed by atoms with E-state index in [4.69, 9.17) is 15.1 Å². The molecule has 0 spiro atoms. The molecule has 3 heterocycles. The SMILES string of the molecule is Cc1cc(N2CCCCC2)c(C(C)C)cc1/N=C1/C(C(C)(C)C)=Nn2nc(C(C)CNS(C)(=O)=O)nc21. The Hall–Kier alpha value is -2.59. The Labute approximate surface area is 221 Å². The number of aromatic nitrogens is 3. The van der Waals surface area contributed by atoms with Crippen molar-refractivity contribution in [1.82, 2.24) is 19.6 Å².